The van der Waals surface area contributed by atoms with Gasteiger partial charge >= 0.3 is 6.09 Å². The van der Waals surface area contributed by atoms with Crippen LogP contribution in [0.1, 0.15) is 5.69 Å². The third kappa shape index (κ3) is 4.37. The molecule has 0 atom stereocenters. The number of para-hydroxylation sites is 2. The van der Waals surface area contributed by atoms with Crippen LogP contribution in [0.3, 0.4) is 0 Å². The van der Waals surface area contributed by atoms with E-state index < -0.39 is 6.09 Å². The van der Waals surface area contributed by atoms with Crippen LogP contribution in [0.4, 0.5) is 10.5 Å². The van der Waals surface area contributed by atoms with Gasteiger partial charge in [-0.25, -0.2) is 4.79 Å². The highest BCUT2D eigenvalue weighted by Gasteiger charge is 2.16. The molecule has 1 aromatic heterocycles. The fourth-order valence-corrected chi connectivity index (χ4v) is 2.82. The second-order valence-electron chi connectivity index (χ2n) is 6.20. The fourth-order valence-electron chi connectivity index (χ4n) is 2.82. The highest BCUT2D eigenvalue weighted by atomic mass is 16.5. The summed E-state index contributed by atoms with van der Waals surface area (Å²) >= 11 is 0. The van der Waals surface area contributed by atoms with Crippen LogP contribution in [-0.2, 0) is 9.53 Å². The van der Waals surface area contributed by atoms with Gasteiger partial charge < -0.3 is 14.5 Å². The average Bonchev–Trinajstić information content (AvgIpc) is 3.15. The minimum Gasteiger partial charge on any atom is -0.453 e. The Balaban J connectivity index is 1.79. The number of rotatable bonds is 6. The van der Waals surface area contributed by atoms with E-state index >= 15 is 0 Å². The van der Waals surface area contributed by atoms with Crippen LogP contribution in [0.5, 0.6) is 0 Å². The molecule has 0 radical (unpaired) electrons. The van der Waals surface area contributed by atoms with Gasteiger partial charge in [0.2, 0.25) is 0 Å². The number of methoxy groups -OCH3 is 1. The van der Waals surface area contributed by atoms with Crippen molar-refractivity contribution in [3.63, 3.8) is 0 Å². The maximum absolute atomic E-state index is 12.9. The SMILES string of the molecule is COC(=O)N(C)CCN(C(=O)/C=C/c1n[nH]c2ccccc12)c1ccccc1. The average molecular weight is 378 g/mol. The van der Waals surface area contributed by atoms with Gasteiger partial charge in [-0.3, -0.25) is 9.89 Å². The summed E-state index contributed by atoms with van der Waals surface area (Å²) in [5, 5.41) is 8.15. The first-order chi connectivity index (χ1) is 13.6. The van der Waals surface area contributed by atoms with Crippen LogP contribution in [0.2, 0.25) is 0 Å². The maximum Gasteiger partial charge on any atom is 0.409 e. The molecule has 7 nitrogen and oxygen atoms in total. The van der Waals surface area contributed by atoms with Crippen LogP contribution in [0.25, 0.3) is 17.0 Å². The number of aromatic nitrogens is 2. The molecule has 1 N–H and O–H groups in total. The monoisotopic (exact) mass is 378 g/mol. The first kappa shape index (κ1) is 19.2. The lowest BCUT2D eigenvalue weighted by molar-refractivity contribution is -0.114. The molecule has 0 bridgehead atoms. The van der Waals surface area contributed by atoms with E-state index in [1.54, 1.807) is 18.0 Å². The van der Waals surface area contributed by atoms with Gasteiger partial charge in [0, 0.05) is 37.3 Å². The van der Waals surface area contributed by atoms with E-state index in [1.165, 1.54) is 18.1 Å². The molecule has 3 aromatic rings. The topological polar surface area (TPSA) is 78.5 Å². The number of anilines is 1. The Labute approximate surface area is 163 Å². The molecule has 3 rings (SSSR count). The highest BCUT2D eigenvalue weighted by molar-refractivity contribution is 6.04. The summed E-state index contributed by atoms with van der Waals surface area (Å²) in [6, 6.07) is 17.1. The molecule has 28 heavy (non-hydrogen) atoms. The predicted octanol–water partition coefficient (Wildman–Crippen LogP) is 3.31. The third-order valence-electron chi connectivity index (χ3n) is 4.36. The van der Waals surface area contributed by atoms with Crippen molar-refractivity contribution in [2.75, 3.05) is 32.1 Å². The van der Waals surface area contributed by atoms with E-state index in [0.717, 1.165) is 16.6 Å². The number of nitrogens with zero attached hydrogens (tertiary/aromatic N) is 3. The molecular formula is C21H22N4O3. The molecule has 0 fully saturated rings. The zero-order valence-electron chi connectivity index (χ0n) is 15.8. The molecule has 144 valence electrons. The number of fused-ring (bicyclic) bond motifs is 1. The molecule has 0 saturated heterocycles. The summed E-state index contributed by atoms with van der Waals surface area (Å²) in [7, 11) is 2.96. The molecular weight excluding hydrogens is 356 g/mol. The number of nitrogens with one attached hydrogen (secondary N) is 1. The fraction of sp³-hybridized carbons (Fsp3) is 0.190. The standard InChI is InChI=1S/C21H22N4O3/c1-24(21(27)28-2)14-15-25(16-8-4-3-5-9-16)20(26)13-12-19-17-10-6-7-11-18(17)22-23-19/h3-13H,14-15H2,1-2H3,(H,22,23)/b13-12+. The van der Waals surface area contributed by atoms with Crippen molar-refractivity contribution in [1.82, 2.24) is 15.1 Å². The van der Waals surface area contributed by atoms with Crippen molar-refractivity contribution in [1.29, 1.82) is 0 Å². The zero-order valence-corrected chi connectivity index (χ0v) is 15.8. The van der Waals surface area contributed by atoms with E-state index in [9.17, 15) is 9.59 Å². The quantitative estimate of drug-likeness (QED) is 0.668. The Bertz CT molecular complexity index is 981. The van der Waals surface area contributed by atoms with Crippen LogP contribution < -0.4 is 4.90 Å². The number of carbonyl (C=O) groups excluding carboxylic acids is 2. The molecule has 0 spiro atoms. The van der Waals surface area contributed by atoms with Gasteiger partial charge in [0.05, 0.1) is 18.3 Å². The number of H-pyrrole nitrogens is 1. The molecule has 2 amide bonds. The van der Waals surface area contributed by atoms with Gasteiger partial charge in [-0.05, 0) is 24.3 Å². The molecule has 0 aliphatic rings. The maximum atomic E-state index is 12.9. The van der Waals surface area contributed by atoms with Crippen molar-refractivity contribution < 1.29 is 14.3 Å². The van der Waals surface area contributed by atoms with Crippen molar-refractivity contribution in [2.24, 2.45) is 0 Å². The van der Waals surface area contributed by atoms with Crippen molar-refractivity contribution in [3.8, 4) is 0 Å². The van der Waals surface area contributed by atoms with Crippen LogP contribution >= 0.6 is 0 Å². The molecule has 1 heterocycles. The number of likely N-dealkylation sites (N-methyl/N-ethyl adjacent to an activating group) is 1. The summed E-state index contributed by atoms with van der Waals surface area (Å²) in [5.41, 5.74) is 2.36. The van der Waals surface area contributed by atoms with E-state index in [4.69, 9.17) is 4.74 Å². The van der Waals surface area contributed by atoms with E-state index in [1.807, 2.05) is 54.6 Å². The Morgan fingerprint density at radius 3 is 2.54 bits per heavy atom. The van der Waals surface area contributed by atoms with Gasteiger partial charge in [0.1, 0.15) is 0 Å². The van der Waals surface area contributed by atoms with Crippen molar-refractivity contribution in [3.05, 3.63) is 66.4 Å². The van der Waals surface area contributed by atoms with E-state index in [-0.39, 0.29) is 5.91 Å². The Hall–Kier alpha value is -3.61. The largest absolute Gasteiger partial charge is 0.453 e. The Kier molecular flexibility index (Phi) is 6.06. The third-order valence-corrected chi connectivity index (χ3v) is 4.36. The Morgan fingerprint density at radius 2 is 1.79 bits per heavy atom. The molecule has 0 aliphatic carbocycles. The molecule has 0 aliphatic heterocycles. The number of benzene rings is 2. The van der Waals surface area contributed by atoms with Gasteiger partial charge in [0.15, 0.2) is 0 Å². The van der Waals surface area contributed by atoms with E-state index in [0.29, 0.717) is 18.8 Å². The number of ether oxygens (including phenoxy) is 1. The molecule has 7 heteroatoms. The summed E-state index contributed by atoms with van der Waals surface area (Å²) in [5.74, 6) is -0.198. The van der Waals surface area contributed by atoms with Gasteiger partial charge in [-0.15, -0.1) is 0 Å². The number of hydrogen-bond acceptors (Lipinski definition) is 4. The number of hydrogen-bond donors (Lipinski definition) is 1. The minimum absolute atomic E-state index is 0.198. The van der Waals surface area contributed by atoms with Crippen LogP contribution in [0, 0.1) is 0 Å². The second-order valence-corrected chi connectivity index (χ2v) is 6.20. The number of carbonyl (C=O) groups is 2. The Morgan fingerprint density at radius 1 is 1.07 bits per heavy atom. The number of aromatic amines is 1. The molecule has 0 saturated carbocycles. The lowest BCUT2D eigenvalue weighted by Crippen LogP contribution is -2.38. The van der Waals surface area contributed by atoms with Gasteiger partial charge in [-0.1, -0.05) is 36.4 Å². The zero-order chi connectivity index (χ0) is 19.9. The van der Waals surface area contributed by atoms with Gasteiger partial charge in [0.25, 0.3) is 5.91 Å². The van der Waals surface area contributed by atoms with Gasteiger partial charge in [-0.2, -0.15) is 5.10 Å². The second kappa shape index (κ2) is 8.85. The van der Waals surface area contributed by atoms with E-state index in [2.05, 4.69) is 10.2 Å². The lowest BCUT2D eigenvalue weighted by Gasteiger charge is -2.24. The normalized spacial score (nSPS) is 10.9. The molecule has 0 unspecified atom stereocenters. The molecule has 2 aromatic carbocycles. The van der Waals surface area contributed by atoms with Crippen molar-refractivity contribution >= 4 is 34.7 Å². The number of amides is 2. The minimum atomic E-state index is -0.445. The highest BCUT2D eigenvalue weighted by Crippen LogP contribution is 2.18. The summed E-state index contributed by atoms with van der Waals surface area (Å²) in [6.07, 6.45) is 2.74. The summed E-state index contributed by atoms with van der Waals surface area (Å²) in [4.78, 5) is 27.5. The summed E-state index contributed by atoms with van der Waals surface area (Å²) < 4.78 is 4.71. The first-order valence-corrected chi connectivity index (χ1v) is 8.87. The van der Waals surface area contributed by atoms with Crippen molar-refractivity contribution in [2.45, 2.75) is 0 Å². The lowest BCUT2D eigenvalue weighted by atomic mass is 10.2. The smallest absolute Gasteiger partial charge is 0.409 e. The van der Waals surface area contributed by atoms with Crippen LogP contribution in [-0.4, -0.2) is 54.3 Å². The first-order valence-electron chi connectivity index (χ1n) is 8.87. The predicted molar refractivity (Wildman–Crippen MR) is 109 cm³/mol. The van der Waals surface area contributed by atoms with Crippen LogP contribution in [0.15, 0.2) is 60.7 Å². The summed E-state index contributed by atoms with van der Waals surface area (Å²) in [6.45, 7) is 0.673.